The maximum Gasteiger partial charge on any atom is 0.0855 e. The molecule has 0 aromatic rings. The minimum atomic E-state index is 0.392. The van der Waals surface area contributed by atoms with E-state index in [1.165, 1.54) is 0 Å². The highest BCUT2D eigenvalue weighted by molar-refractivity contribution is 4.36. The van der Waals surface area contributed by atoms with Crippen molar-refractivity contribution in [1.82, 2.24) is 0 Å². The van der Waals surface area contributed by atoms with Crippen molar-refractivity contribution in [1.29, 1.82) is 0 Å². The standard InChI is InChI=1S/C6H14O7/c1-2-3-4-5-6-8-10-12-13-11-9-7/h7H,2-6H2,1H3. The van der Waals surface area contributed by atoms with E-state index >= 15 is 0 Å². The summed E-state index contributed by atoms with van der Waals surface area (Å²) in [7, 11) is 0. The molecule has 0 radical (unpaired) electrons. The summed E-state index contributed by atoms with van der Waals surface area (Å²) >= 11 is 0. The van der Waals surface area contributed by atoms with Gasteiger partial charge in [0.25, 0.3) is 0 Å². The van der Waals surface area contributed by atoms with Crippen molar-refractivity contribution in [2.75, 3.05) is 6.61 Å². The van der Waals surface area contributed by atoms with Crippen molar-refractivity contribution >= 4 is 0 Å². The van der Waals surface area contributed by atoms with E-state index in [4.69, 9.17) is 5.26 Å². The molecule has 0 aromatic carbocycles. The molecule has 7 heteroatoms. The van der Waals surface area contributed by atoms with Crippen LogP contribution < -0.4 is 0 Å². The van der Waals surface area contributed by atoms with Crippen LogP contribution >= 0.6 is 0 Å². The summed E-state index contributed by atoms with van der Waals surface area (Å²) in [6.07, 6.45) is 4.25. The van der Waals surface area contributed by atoms with Crippen LogP contribution in [0.5, 0.6) is 0 Å². The van der Waals surface area contributed by atoms with Gasteiger partial charge in [-0.25, -0.2) is 10.1 Å². The maximum absolute atomic E-state index is 7.54. The molecular weight excluding hydrogens is 184 g/mol. The first kappa shape index (κ1) is 12.7. The van der Waals surface area contributed by atoms with E-state index in [0.717, 1.165) is 25.7 Å². The minimum Gasteiger partial charge on any atom is -0.219 e. The third kappa shape index (κ3) is 11.7. The normalized spacial score (nSPS) is 10.6. The molecule has 1 N–H and O–H groups in total. The Morgan fingerprint density at radius 2 is 1.69 bits per heavy atom. The highest BCUT2D eigenvalue weighted by Gasteiger charge is 1.92. The summed E-state index contributed by atoms with van der Waals surface area (Å²) in [6.45, 7) is 2.50. The van der Waals surface area contributed by atoms with Crippen molar-refractivity contribution in [3.8, 4) is 0 Å². The maximum atomic E-state index is 7.54. The topological polar surface area (TPSA) is 75.6 Å². The third-order valence-corrected chi connectivity index (χ3v) is 1.24. The fraction of sp³-hybridized carbons (Fsp3) is 1.00. The van der Waals surface area contributed by atoms with Gasteiger partial charge in [0.2, 0.25) is 0 Å². The van der Waals surface area contributed by atoms with Crippen LogP contribution in [0.1, 0.15) is 32.6 Å². The molecule has 0 fully saturated rings. The molecule has 0 saturated heterocycles. The average Bonchev–Trinajstić information content (AvgIpc) is 2.16. The first-order chi connectivity index (χ1) is 6.41. The van der Waals surface area contributed by atoms with E-state index in [1.54, 1.807) is 0 Å². The molecule has 0 aliphatic rings. The molecule has 0 spiro atoms. The molecule has 13 heavy (non-hydrogen) atoms. The van der Waals surface area contributed by atoms with Gasteiger partial charge in [-0.15, -0.1) is 0 Å². The second-order valence-electron chi connectivity index (χ2n) is 2.23. The Kier molecular flexibility index (Phi) is 11.5. The quantitative estimate of drug-likeness (QED) is 0.325. The van der Waals surface area contributed by atoms with Gasteiger partial charge in [0.15, 0.2) is 0 Å². The highest BCUT2D eigenvalue weighted by Crippen LogP contribution is 1.99. The molecule has 0 rings (SSSR count). The van der Waals surface area contributed by atoms with Gasteiger partial charge in [-0.3, -0.25) is 0 Å². The Balaban J connectivity index is 2.76. The Morgan fingerprint density at radius 1 is 0.923 bits per heavy atom. The molecule has 0 heterocycles. The smallest absolute Gasteiger partial charge is 0.0855 e. The van der Waals surface area contributed by atoms with E-state index in [0.29, 0.717) is 6.61 Å². The van der Waals surface area contributed by atoms with Crippen LogP contribution in [0.15, 0.2) is 0 Å². The summed E-state index contributed by atoms with van der Waals surface area (Å²) in [5, 5.41) is 25.3. The molecule has 0 aliphatic heterocycles. The lowest BCUT2D eigenvalue weighted by Gasteiger charge is -1.99. The Morgan fingerprint density at radius 3 is 2.38 bits per heavy atom. The fourth-order valence-corrected chi connectivity index (χ4v) is 0.677. The number of hydrogen-bond acceptors (Lipinski definition) is 7. The number of hydrogen-bond donors (Lipinski definition) is 1. The molecule has 0 aliphatic carbocycles. The first-order valence-corrected chi connectivity index (χ1v) is 4.01. The number of rotatable bonds is 10. The van der Waals surface area contributed by atoms with Crippen LogP contribution in [-0.2, 0) is 30.1 Å². The molecule has 0 atom stereocenters. The Labute approximate surface area is 75.6 Å². The van der Waals surface area contributed by atoms with Crippen LogP contribution in [-0.4, -0.2) is 11.9 Å². The second kappa shape index (κ2) is 11.7. The molecule has 0 aromatic heterocycles. The monoisotopic (exact) mass is 198 g/mol. The molecular formula is C6H14O7. The van der Waals surface area contributed by atoms with Gasteiger partial charge in [-0.1, -0.05) is 26.2 Å². The summed E-state index contributed by atoms with van der Waals surface area (Å²) in [5.41, 5.74) is 0. The third-order valence-electron chi connectivity index (χ3n) is 1.24. The van der Waals surface area contributed by atoms with Crippen LogP contribution in [0.25, 0.3) is 0 Å². The van der Waals surface area contributed by atoms with Gasteiger partial charge >= 0.3 is 0 Å². The lowest BCUT2D eigenvalue weighted by atomic mass is 10.2. The molecule has 0 bridgehead atoms. The van der Waals surface area contributed by atoms with Crippen LogP contribution in [0, 0.1) is 0 Å². The van der Waals surface area contributed by atoms with E-state index in [2.05, 4.69) is 37.0 Å². The van der Waals surface area contributed by atoms with E-state index < -0.39 is 0 Å². The van der Waals surface area contributed by atoms with Gasteiger partial charge in [0, 0.05) is 0 Å². The van der Waals surface area contributed by atoms with Crippen LogP contribution in [0.2, 0.25) is 0 Å². The first-order valence-electron chi connectivity index (χ1n) is 4.01. The predicted molar refractivity (Wildman–Crippen MR) is 38.1 cm³/mol. The number of unbranched alkanes of at least 4 members (excludes halogenated alkanes) is 3. The summed E-state index contributed by atoms with van der Waals surface area (Å²) in [4.78, 5) is 4.46. The van der Waals surface area contributed by atoms with Crippen molar-refractivity contribution in [3.05, 3.63) is 0 Å². The largest absolute Gasteiger partial charge is 0.219 e. The van der Waals surface area contributed by atoms with Crippen molar-refractivity contribution in [3.63, 3.8) is 0 Å². The van der Waals surface area contributed by atoms with Gasteiger partial charge in [0.1, 0.15) is 0 Å². The second-order valence-corrected chi connectivity index (χ2v) is 2.23. The zero-order valence-corrected chi connectivity index (χ0v) is 7.43. The Bertz CT molecular complexity index is 79.1. The van der Waals surface area contributed by atoms with E-state index in [9.17, 15) is 0 Å². The van der Waals surface area contributed by atoms with Crippen molar-refractivity contribution in [2.45, 2.75) is 32.6 Å². The SMILES string of the molecule is CCCCCCOOOOOOO. The lowest BCUT2D eigenvalue weighted by Crippen LogP contribution is -2.00. The fourth-order valence-electron chi connectivity index (χ4n) is 0.677. The van der Waals surface area contributed by atoms with Gasteiger partial charge in [-0.2, -0.15) is 0 Å². The molecule has 80 valence electrons. The summed E-state index contributed by atoms with van der Waals surface area (Å²) in [5.74, 6) is 0. The Hall–Kier alpha value is -0.280. The molecule has 7 nitrogen and oxygen atoms in total. The molecule has 0 amide bonds. The highest BCUT2D eigenvalue weighted by atomic mass is 17.9. The van der Waals surface area contributed by atoms with Crippen molar-refractivity contribution in [2.24, 2.45) is 0 Å². The van der Waals surface area contributed by atoms with Gasteiger partial charge in [-0.05, 0) is 31.6 Å². The van der Waals surface area contributed by atoms with Crippen LogP contribution in [0.4, 0.5) is 0 Å². The van der Waals surface area contributed by atoms with E-state index in [1.807, 2.05) is 0 Å². The van der Waals surface area contributed by atoms with Crippen molar-refractivity contribution < 1.29 is 35.3 Å². The average molecular weight is 198 g/mol. The molecule has 0 saturated carbocycles. The van der Waals surface area contributed by atoms with Gasteiger partial charge in [0.05, 0.1) is 6.61 Å². The minimum absolute atomic E-state index is 0.392. The van der Waals surface area contributed by atoms with E-state index in [-0.39, 0.29) is 0 Å². The predicted octanol–water partition coefficient (Wildman–Crippen LogP) is 1.71. The zero-order valence-electron chi connectivity index (χ0n) is 7.43. The zero-order chi connectivity index (χ0) is 9.78. The lowest BCUT2D eigenvalue weighted by molar-refractivity contribution is -0.787. The summed E-state index contributed by atoms with van der Waals surface area (Å²) in [6, 6.07) is 0. The van der Waals surface area contributed by atoms with Gasteiger partial charge < -0.3 is 0 Å². The van der Waals surface area contributed by atoms with Crippen LogP contribution in [0.3, 0.4) is 0 Å². The molecule has 0 unspecified atom stereocenters. The summed E-state index contributed by atoms with van der Waals surface area (Å²) < 4.78 is 0.